The molecule has 0 bridgehead atoms. The summed E-state index contributed by atoms with van der Waals surface area (Å²) < 4.78 is 0. The Balaban J connectivity index is 1.64. The zero-order valence-corrected chi connectivity index (χ0v) is 12.7. The molecule has 0 saturated heterocycles. The Morgan fingerprint density at radius 1 is 1.29 bits per heavy atom. The first-order chi connectivity index (χ1) is 10.2. The maximum atomic E-state index is 12.9. The quantitative estimate of drug-likeness (QED) is 0.923. The molecule has 0 unspecified atom stereocenters. The molecular weight excluding hydrogens is 282 g/mol. The summed E-state index contributed by atoms with van der Waals surface area (Å²) in [7, 11) is 0. The zero-order valence-electron chi connectivity index (χ0n) is 11.9. The Kier molecular flexibility index (Phi) is 3.10. The normalized spacial score (nSPS) is 18.1. The van der Waals surface area contributed by atoms with Crippen molar-refractivity contribution in [1.29, 1.82) is 0 Å². The van der Waals surface area contributed by atoms with Crippen LogP contribution in [0.2, 0.25) is 0 Å². The summed E-state index contributed by atoms with van der Waals surface area (Å²) in [5.41, 5.74) is 6.80. The first-order valence-corrected chi connectivity index (χ1v) is 8.46. The van der Waals surface area contributed by atoms with E-state index >= 15 is 0 Å². The number of nitrogens with zero attached hydrogens (tertiary/aromatic N) is 2. The van der Waals surface area contributed by atoms with Crippen LogP contribution >= 0.6 is 11.3 Å². The second-order valence-electron chi connectivity index (χ2n) is 6.30. The number of aromatic nitrogens is 1. The minimum Gasteiger partial charge on any atom is -0.397 e. The van der Waals surface area contributed by atoms with Crippen LogP contribution in [0.5, 0.6) is 0 Å². The Morgan fingerprint density at radius 3 is 2.52 bits per heavy atom. The van der Waals surface area contributed by atoms with Gasteiger partial charge in [0.15, 0.2) is 0 Å². The number of nitrogen functional groups attached to an aromatic ring is 1. The van der Waals surface area contributed by atoms with E-state index in [4.69, 9.17) is 5.73 Å². The zero-order chi connectivity index (χ0) is 14.4. The molecule has 2 aliphatic rings. The molecule has 0 spiro atoms. The second-order valence-corrected chi connectivity index (χ2v) is 7.30. The van der Waals surface area contributed by atoms with E-state index in [0.29, 0.717) is 22.4 Å². The predicted molar refractivity (Wildman–Crippen MR) is 85.4 cm³/mol. The molecule has 5 heteroatoms. The van der Waals surface area contributed by atoms with Crippen molar-refractivity contribution in [3.8, 4) is 0 Å². The first-order valence-electron chi connectivity index (χ1n) is 7.64. The van der Waals surface area contributed by atoms with Crippen LogP contribution < -0.4 is 5.73 Å². The third-order valence-electron chi connectivity index (χ3n) is 4.34. The van der Waals surface area contributed by atoms with Gasteiger partial charge in [0, 0.05) is 24.7 Å². The van der Waals surface area contributed by atoms with Crippen LogP contribution in [0.3, 0.4) is 0 Å². The summed E-state index contributed by atoms with van der Waals surface area (Å²) in [6.45, 7) is 1.80. The van der Waals surface area contributed by atoms with Gasteiger partial charge in [-0.25, -0.2) is 4.98 Å². The summed E-state index contributed by atoms with van der Waals surface area (Å²) in [4.78, 5) is 20.8. The van der Waals surface area contributed by atoms with Crippen molar-refractivity contribution in [2.24, 2.45) is 11.8 Å². The smallest absolute Gasteiger partial charge is 0.266 e. The average molecular weight is 301 g/mol. The average Bonchev–Trinajstić information content (AvgIpc) is 3.40. The van der Waals surface area contributed by atoms with E-state index in [2.05, 4.69) is 4.98 Å². The molecule has 2 N–H and O–H groups in total. The third kappa shape index (κ3) is 2.62. The fraction of sp³-hybridized carbons (Fsp3) is 0.500. The van der Waals surface area contributed by atoms with Crippen LogP contribution in [0, 0.1) is 11.8 Å². The largest absolute Gasteiger partial charge is 0.397 e. The number of rotatable bonds is 5. The first kappa shape index (κ1) is 13.1. The maximum absolute atomic E-state index is 12.9. The predicted octanol–water partition coefficient (Wildman–Crippen LogP) is 3.14. The molecule has 0 atom stereocenters. The highest BCUT2D eigenvalue weighted by atomic mass is 32.1. The standard InChI is InChI=1S/C16H19N3OS/c17-13-12-2-1-7-18-15(12)21-14(13)16(20)19(8-10-3-4-10)9-11-5-6-11/h1-2,7,10-11H,3-6,8-9,17H2. The van der Waals surface area contributed by atoms with Gasteiger partial charge in [0.25, 0.3) is 5.91 Å². The van der Waals surface area contributed by atoms with Gasteiger partial charge in [-0.3, -0.25) is 4.79 Å². The molecule has 0 aliphatic heterocycles. The van der Waals surface area contributed by atoms with Gasteiger partial charge in [0.05, 0.1) is 5.69 Å². The van der Waals surface area contributed by atoms with E-state index < -0.39 is 0 Å². The van der Waals surface area contributed by atoms with Crippen LogP contribution in [-0.2, 0) is 0 Å². The lowest BCUT2D eigenvalue weighted by atomic mass is 10.2. The van der Waals surface area contributed by atoms with Crippen LogP contribution in [0.25, 0.3) is 10.2 Å². The lowest BCUT2D eigenvalue weighted by molar-refractivity contribution is 0.0745. The number of pyridine rings is 1. The molecule has 0 radical (unpaired) electrons. The number of thiophene rings is 1. The van der Waals surface area contributed by atoms with Gasteiger partial charge >= 0.3 is 0 Å². The number of hydrogen-bond donors (Lipinski definition) is 1. The topological polar surface area (TPSA) is 59.2 Å². The minimum absolute atomic E-state index is 0.106. The van der Waals surface area contributed by atoms with Gasteiger partial charge < -0.3 is 10.6 Å². The molecular formula is C16H19N3OS. The molecule has 2 aromatic heterocycles. The van der Waals surface area contributed by atoms with Crippen molar-refractivity contribution in [1.82, 2.24) is 9.88 Å². The van der Waals surface area contributed by atoms with Gasteiger partial charge in [0.1, 0.15) is 9.71 Å². The van der Waals surface area contributed by atoms with Crippen molar-refractivity contribution in [3.63, 3.8) is 0 Å². The SMILES string of the molecule is Nc1c(C(=O)N(CC2CC2)CC2CC2)sc2ncccc12. The highest BCUT2D eigenvalue weighted by Crippen LogP contribution is 2.37. The summed E-state index contributed by atoms with van der Waals surface area (Å²) >= 11 is 1.43. The number of nitrogens with two attached hydrogens (primary N) is 1. The molecule has 21 heavy (non-hydrogen) atoms. The Hall–Kier alpha value is -1.62. The summed E-state index contributed by atoms with van der Waals surface area (Å²) in [5.74, 6) is 1.53. The van der Waals surface area contributed by atoms with Crippen LogP contribution in [0.4, 0.5) is 5.69 Å². The van der Waals surface area contributed by atoms with E-state index in [9.17, 15) is 4.79 Å². The molecule has 1 amide bonds. The number of fused-ring (bicyclic) bond motifs is 1. The summed E-state index contributed by atoms with van der Waals surface area (Å²) in [6.07, 6.45) is 6.80. The molecule has 2 aliphatic carbocycles. The van der Waals surface area contributed by atoms with Gasteiger partial charge in [-0.15, -0.1) is 11.3 Å². The number of carbonyl (C=O) groups is 1. The molecule has 4 rings (SSSR count). The van der Waals surface area contributed by atoms with Crippen molar-refractivity contribution in [2.45, 2.75) is 25.7 Å². The van der Waals surface area contributed by atoms with Gasteiger partial charge in [-0.2, -0.15) is 0 Å². The second kappa shape index (κ2) is 4.98. The van der Waals surface area contributed by atoms with E-state index in [0.717, 1.165) is 23.3 Å². The van der Waals surface area contributed by atoms with E-state index in [1.807, 2.05) is 17.0 Å². The summed E-state index contributed by atoms with van der Waals surface area (Å²) in [6, 6.07) is 3.81. The maximum Gasteiger partial charge on any atom is 0.266 e. The van der Waals surface area contributed by atoms with Crippen molar-refractivity contribution >= 4 is 33.1 Å². The summed E-state index contributed by atoms with van der Waals surface area (Å²) in [5, 5.41) is 0.906. The molecule has 2 saturated carbocycles. The van der Waals surface area contributed by atoms with Crippen LogP contribution in [0.1, 0.15) is 35.4 Å². The number of carbonyl (C=O) groups excluding carboxylic acids is 1. The fourth-order valence-corrected chi connectivity index (χ4v) is 3.75. The Morgan fingerprint density at radius 2 is 1.95 bits per heavy atom. The molecule has 110 valence electrons. The van der Waals surface area contributed by atoms with E-state index in [1.54, 1.807) is 6.20 Å². The third-order valence-corrected chi connectivity index (χ3v) is 5.45. The van der Waals surface area contributed by atoms with E-state index in [-0.39, 0.29) is 5.91 Å². The molecule has 4 nitrogen and oxygen atoms in total. The lowest BCUT2D eigenvalue weighted by Gasteiger charge is -2.22. The number of amides is 1. The van der Waals surface area contributed by atoms with Crippen LogP contribution in [-0.4, -0.2) is 28.9 Å². The van der Waals surface area contributed by atoms with Crippen molar-refractivity contribution in [2.75, 3.05) is 18.8 Å². The lowest BCUT2D eigenvalue weighted by Crippen LogP contribution is -2.34. The number of anilines is 1. The van der Waals surface area contributed by atoms with E-state index in [1.165, 1.54) is 37.0 Å². The molecule has 2 heterocycles. The van der Waals surface area contributed by atoms with Crippen molar-refractivity contribution in [3.05, 3.63) is 23.2 Å². The molecule has 2 fully saturated rings. The molecule has 0 aromatic carbocycles. The monoisotopic (exact) mass is 301 g/mol. The highest BCUT2D eigenvalue weighted by molar-refractivity contribution is 7.21. The number of hydrogen-bond acceptors (Lipinski definition) is 4. The fourth-order valence-electron chi connectivity index (χ4n) is 2.72. The Labute approximate surface area is 128 Å². The van der Waals surface area contributed by atoms with Crippen LogP contribution in [0.15, 0.2) is 18.3 Å². The van der Waals surface area contributed by atoms with Gasteiger partial charge in [0.2, 0.25) is 0 Å². The van der Waals surface area contributed by atoms with Crippen molar-refractivity contribution < 1.29 is 4.79 Å². The molecule has 2 aromatic rings. The Bertz CT molecular complexity index is 674. The highest BCUT2D eigenvalue weighted by Gasteiger charge is 2.33. The minimum atomic E-state index is 0.106. The van der Waals surface area contributed by atoms with Gasteiger partial charge in [-0.05, 0) is 49.7 Å². The van der Waals surface area contributed by atoms with Gasteiger partial charge in [-0.1, -0.05) is 0 Å².